The first-order valence-corrected chi connectivity index (χ1v) is 8.68. The van der Waals surface area contributed by atoms with Gasteiger partial charge >= 0.3 is 0 Å². The molecule has 0 aliphatic carbocycles. The first-order valence-electron chi connectivity index (χ1n) is 8.68. The highest BCUT2D eigenvalue weighted by molar-refractivity contribution is 5.79. The Balaban J connectivity index is 1.54. The molecule has 2 aliphatic rings. The molecule has 2 aliphatic heterocycles. The maximum absolute atomic E-state index is 12.7. The number of ether oxygens (including phenoxy) is 1. The van der Waals surface area contributed by atoms with Gasteiger partial charge in [0.2, 0.25) is 5.91 Å². The average molecular weight is 338 g/mol. The molecule has 0 unspecified atom stereocenters. The fraction of sp³-hybridized carbons (Fsp3) is 0.400. The van der Waals surface area contributed by atoms with Gasteiger partial charge in [0, 0.05) is 36.8 Å². The second-order valence-corrected chi connectivity index (χ2v) is 7.13. The van der Waals surface area contributed by atoms with Crippen molar-refractivity contribution in [1.82, 2.24) is 9.88 Å². The molecular formula is C20H22N2O3. The number of amides is 1. The van der Waals surface area contributed by atoms with Crippen LogP contribution in [-0.4, -0.2) is 47.2 Å². The van der Waals surface area contributed by atoms with Crippen molar-refractivity contribution >= 4 is 5.91 Å². The van der Waals surface area contributed by atoms with Crippen LogP contribution in [0, 0.1) is 11.3 Å². The van der Waals surface area contributed by atoms with Crippen LogP contribution in [0.3, 0.4) is 0 Å². The molecule has 25 heavy (non-hydrogen) atoms. The molecular weight excluding hydrogens is 316 g/mol. The molecule has 2 aromatic rings. The van der Waals surface area contributed by atoms with E-state index in [0.29, 0.717) is 26.1 Å². The third kappa shape index (κ3) is 3.00. The predicted molar refractivity (Wildman–Crippen MR) is 93.2 cm³/mol. The Morgan fingerprint density at radius 3 is 3.00 bits per heavy atom. The quantitative estimate of drug-likeness (QED) is 0.925. The maximum atomic E-state index is 12.7. The molecule has 1 aromatic heterocycles. The molecule has 3 heterocycles. The van der Waals surface area contributed by atoms with Crippen molar-refractivity contribution in [3.63, 3.8) is 0 Å². The summed E-state index contributed by atoms with van der Waals surface area (Å²) in [5.74, 6) is 1.13. The normalized spacial score (nSPS) is 24.8. The first-order chi connectivity index (χ1) is 12.2. The van der Waals surface area contributed by atoms with E-state index in [0.717, 1.165) is 23.3 Å². The molecule has 2 atom stereocenters. The Morgan fingerprint density at radius 1 is 1.32 bits per heavy atom. The van der Waals surface area contributed by atoms with E-state index in [9.17, 15) is 9.90 Å². The SMILES string of the molecule is O=C(Cc1cccnc1)N1C[C@H]2COc3ccccc3C[C@@]2(CO)C1. The van der Waals surface area contributed by atoms with E-state index in [1.54, 1.807) is 12.4 Å². The van der Waals surface area contributed by atoms with E-state index in [1.165, 1.54) is 0 Å². The van der Waals surface area contributed by atoms with Gasteiger partial charge in [0.25, 0.3) is 0 Å². The third-order valence-electron chi connectivity index (χ3n) is 5.51. The van der Waals surface area contributed by atoms with Crippen LogP contribution in [-0.2, 0) is 17.6 Å². The van der Waals surface area contributed by atoms with E-state index in [4.69, 9.17) is 4.74 Å². The second kappa shape index (κ2) is 6.48. The molecule has 1 saturated heterocycles. The topological polar surface area (TPSA) is 62.7 Å². The van der Waals surface area contributed by atoms with Crippen molar-refractivity contribution in [3.05, 3.63) is 59.9 Å². The number of carbonyl (C=O) groups excluding carboxylic acids is 1. The van der Waals surface area contributed by atoms with E-state index < -0.39 is 0 Å². The van der Waals surface area contributed by atoms with Gasteiger partial charge in [-0.05, 0) is 29.7 Å². The van der Waals surface area contributed by atoms with Gasteiger partial charge in [-0.15, -0.1) is 0 Å². The molecule has 130 valence electrons. The fourth-order valence-corrected chi connectivity index (χ4v) is 4.04. The van der Waals surface area contributed by atoms with Crippen molar-refractivity contribution in [2.45, 2.75) is 12.8 Å². The maximum Gasteiger partial charge on any atom is 0.227 e. The molecule has 0 radical (unpaired) electrons. The minimum absolute atomic E-state index is 0.0615. The van der Waals surface area contributed by atoms with Gasteiger partial charge < -0.3 is 14.7 Å². The Labute approximate surface area is 147 Å². The molecule has 1 aromatic carbocycles. The number of aliphatic hydroxyl groups excluding tert-OH is 1. The highest BCUT2D eigenvalue weighted by atomic mass is 16.5. The summed E-state index contributed by atoms with van der Waals surface area (Å²) in [6, 6.07) is 11.8. The highest BCUT2D eigenvalue weighted by Gasteiger charge is 2.49. The molecule has 1 N–H and O–H groups in total. The number of nitrogens with zero attached hydrogens (tertiary/aromatic N) is 2. The summed E-state index contributed by atoms with van der Waals surface area (Å²) in [5.41, 5.74) is 1.71. The molecule has 5 nitrogen and oxygen atoms in total. The number of benzene rings is 1. The standard InChI is InChI=1S/C20H22N2O3/c23-14-20-9-16-5-1-2-6-18(16)25-12-17(20)11-22(13-20)19(24)8-15-4-3-7-21-10-15/h1-7,10,17,23H,8-9,11-14H2/t17-,20-/m0/s1. The molecule has 1 fully saturated rings. The van der Waals surface area contributed by atoms with E-state index in [1.807, 2.05) is 35.2 Å². The van der Waals surface area contributed by atoms with Crippen LogP contribution in [0.1, 0.15) is 11.1 Å². The number of para-hydroxylation sites is 1. The van der Waals surface area contributed by atoms with E-state index in [2.05, 4.69) is 11.1 Å². The van der Waals surface area contributed by atoms with Crippen LogP contribution in [0.5, 0.6) is 5.75 Å². The van der Waals surface area contributed by atoms with Crippen molar-refractivity contribution in [3.8, 4) is 5.75 Å². The lowest BCUT2D eigenvalue weighted by Crippen LogP contribution is -2.38. The average Bonchev–Trinajstić information content (AvgIpc) is 2.93. The van der Waals surface area contributed by atoms with Gasteiger partial charge in [0.1, 0.15) is 5.75 Å². The van der Waals surface area contributed by atoms with Gasteiger partial charge in [0.15, 0.2) is 0 Å². The zero-order valence-electron chi connectivity index (χ0n) is 14.1. The van der Waals surface area contributed by atoms with Crippen molar-refractivity contribution < 1.29 is 14.6 Å². The third-order valence-corrected chi connectivity index (χ3v) is 5.51. The number of hydrogen-bond donors (Lipinski definition) is 1. The molecule has 5 heteroatoms. The monoisotopic (exact) mass is 338 g/mol. The smallest absolute Gasteiger partial charge is 0.227 e. The van der Waals surface area contributed by atoms with Crippen molar-refractivity contribution in [2.75, 3.05) is 26.3 Å². The predicted octanol–water partition coefficient (Wildman–Crippen LogP) is 1.70. The summed E-state index contributed by atoms with van der Waals surface area (Å²) in [7, 11) is 0. The molecule has 0 spiro atoms. The highest BCUT2D eigenvalue weighted by Crippen LogP contribution is 2.43. The Morgan fingerprint density at radius 2 is 2.20 bits per heavy atom. The zero-order chi connectivity index (χ0) is 17.3. The number of hydrogen-bond acceptors (Lipinski definition) is 4. The zero-order valence-corrected chi connectivity index (χ0v) is 14.1. The molecule has 4 rings (SSSR count). The summed E-state index contributed by atoms with van der Waals surface area (Å²) in [4.78, 5) is 18.7. The molecule has 0 saturated carbocycles. The van der Waals surface area contributed by atoms with Gasteiger partial charge in [-0.2, -0.15) is 0 Å². The lowest BCUT2D eigenvalue weighted by molar-refractivity contribution is -0.130. The number of aliphatic hydroxyl groups is 1. The molecule has 1 amide bonds. The summed E-state index contributed by atoms with van der Waals surface area (Å²) in [6.45, 7) is 1.80. The first kappa shape index (κ1) is 16.1. The Hall–Kier alpha value is -2.40. The van der Waals surface area contributed by atoms with Gasteiger partial charge in [-0.25, -0.2) is 0 Å². The number of rotatable bonds is 3. The summed E-state index contributed by atoms with van der Waals surface area (Å²) in [5, 5.41) is 10.2. The van der Waals surface area contributed by atoms with Crippen LogP contribution < -0.4 is 4.74 Å². The lowest BCUT2D eigenvalue weighted by Gasteiger charge is -2.30. The van der Waals surface area contributed by atoms with Gasteiger partial charge in [-0.3, -0.25) is 9.78 Å². The van der Waals surface area contributed by atoms with Crippen LogP contribution in [0.25, 0.3) is 0 Å². The van der Waals surface area contributed by atoms with E-state index >= 15 is 0 Å². The van der Waals surface area contributed by atoms with Crippen LogP contribution in [0.15, 0.2) is 48.8 Å². The molecule has 0 bridgehead atoms. The largest absolute Gasteiger partial charge is 0.493 e. The minimum atomic E-state index is -0.322. The van der Waals surface area contributed by atoms with Crippen LogP contribution in [0.4, 0.5) is 0 Å². The number of carbonyl (C=O) groups is 1. The van der Waals surface area contributed by atoms with Crippen molar-refractivity contribution in [2.24, 2.45) is 11.3 Å². The Bertz CT molecular complexity index is 765. The summed E-state index contributed by atoms with van der Waals surface area (Å²) >= 11 is 0. The number of pyridine rings is 1. The Kier molecular flexibility index (Phi) is 4.17. The minimum Gasteiger partial charge on any atom is -0.493 e. The fourth-order valence-electron chi connectivity index (χ4n) is 4.04. The van der Waals surface area contributed by atoms with Gasteiger partial charge in [-0.1, -0.05) is 24.3 Å². The summed E-state index contributed by atoms with van der Waals surface area (Å²) < 4.78 is 5.98. The lowest BCUT2D eigenvalue weighted by atomic mass is 9.75. The van der Waals surface area contributed by atoms with Gasteiger partial charge in [0.05, 0.1) is 19.6 Å². The van der Waals surface area contributed by atoms with Crippen LogP contribution in [0.2, 0.25) is 0 Å². The second-order valence-electron chi connectivity index (χ2n) is 7.13. The van der Waals surface area contributed by atoms with Crippen LogP contribution >= 0.6 is 0 Å². The number of fused-ring (bicyclic) bond motifs is 2. The number of aromatic nitrogens is 1. The van der Waals surface area contributed by atoms with Crippen molar-refractivity contribution in [1.29, 1.82) is 0 Å². The number of likely N-dealkylation sites (tertiary alicyclic amines) is 1. The van der Waals surface area contributed by atoms with E-state index in [-0.39, 0.29) is 23.8 Å². The summed E-state index contributed by atoms with van der Waals surface area (Å²) in [6.07, 6.45) is 4.52.